The third kappa shape index (κ3) is 2.42. The number of methoxy groups -OCH3 is 1. The van der Waals surface area contributed by atoms with Crippen molar-refractivity contribution >= 4 is 11.9 Å². The van der Waals surface area contributed by atoms with Crippen molar-refractivity contribution in [2.45, 2.75) is 43.9 Å². The predicted molar refractivity (Wildman–Crippen MR) is 81.0 cm³/mol. The van der Waals surface area contributed by atoms with E-state index in [-0.39, 0.29) is 12.1 Å². The van der Waals surface area contributed by atoms with Crippen LogP contribution in [0.1, 0.15) is 31.2 Å². The lowest BCUT2D eigenvalue weighted by atomic mass is 9.78. The number of nitrogens with zero attached hydrogens (tertiary/aromatic N) is 2. The molecule has 1 aromatic carbocycles. The summed E-state index contributed by atoms with van der Waals surface area (Å²) in [5.41, 5.74) is 6.75. The first-order chi connectivity index (χ1) is 10.2. The summed E-state index contributed by atoms with van der Waals surface area (Å²) in [5, 5.41) is 0. The number of amides is 2. The van der Waals surface area contributed by atoms with Crippen molar-refractivity contribution in [2.24, 2.45) is 10.7 Å². The standard InChI is InChI=1S/C16H21N3O2/c1-21-13-8-5-9-16(10-13)14(17)18-15(20)19(16)11-12-6-3-2-4-7-12/h2-4,6-7,13H,5,8-11H2,1H3,(H2,17,18,20). The first-order valence-electron chi connectivity index (χ1n) is 7.39. The largest absolute Gasteiger partial charge is 0.385 e. The van der Waals surface area contributed by atoms with Crippen LogP contribution >= 0.6 is 0 Å². The number of hydrogen-bond acceptors (Lipinski definition) is 3. The van der Waals surface area contributed by atoms with Crippen molar-refractivity contribution in [1.82, 2.24) is 4.90 Å². The lowest BCUT2D eigenvalue weighted by Gasteiger charge is -2.43. The number of benzene rings is 1. The Morgan fingerprint density at radius 2 is 2.19 bits per heavy atom. The molecule has 0 saturated heterocycles. The molecule has 1 aliphatic heterocycles. The molecule has 112 valence electrons. The summed E-state index contributed by atoms with van der Waals surface area (Å²) in [6, 6.07) is 9.74. The van der Waals surface area contributed by atoms with Gasteiger partial charge in [0.2, 0.25) is 0 Å². The molecule has 2 N–H and O–H groups in total. The molecule has 3 rings (SSSR count). The van der Waals surface area contributed by atoms with Crippen molar-refractivity contribution in [2.75, 3.05) is 7.11 Å². The van der Waals surface area contributed by atoms with E-state index in [1.54, 1.807) is 7.11 Å². The van der Waals surface area contributed by atoms with Gasteiger partial charge in [-0.05, 0) is 24.8 Å². The second-order valence-electron chi connectivity index (χ2n) is 5.84. The summed E-state index contributed by atoms with van der Waals surface area (Å²) in [5.74, 6) is 0.449. The van der Waals surface area contributed by atoms with Gasteiger partial charge in [0.15, 0.2) is 0 Å². The molecule has 1 saturated carbocycles. The minimum absolute atomic E-state index is 0.136. The van der Waals surface area contributed by atoms with Gasteiger partial charge in [-0.15, -0.1) is 0 Å². The Balaban J connectivity index is 1.89. The van der Waals surface area contributed by atoms with Crippen LogP contribution in [0.2, 0.25) is 0 Å². The molecule has 1 aliphatic carbocycles. The number of carbonyl (C=O) groups excluding carboxylic acids is 1. The van der Waals surface area contributed by atoms with Crippen molar-refractivity contribution in [3.05, 3.63) is 35.9 Å². The van der Waals surface area contributed by atoms with Gasteiger partial charge in [-0.3, -0.25) is 0 Å². The highest BCUT2D eigenvalue weighted by molar-refractivity contribution is 6.05. The molecule has 0 aromatic heterocycles. The second kappa shape index (κ2) is 5.48. The predicted octanol–water partition coefficient (Wildman–Crippen LogP) is 2.31. The van der Waals surface area contributed by atoms with Crippen molar-refractivity contribution in [1.29, 1.82) is 0 Å². The summed E-state index contributed by atoms with van der Waals surface area (Å²) in [6.07, 6.45) is 3.74. The van der Waals surface area contributed by atoms with Gasteiger partial charge in [-0.1, -0.05) is 30.3 Å². The lowest BCUT2D eigenvalue weighted by molar-refractivity contribution is 0.0208. The van der Waals surface area contributed by atoms with Gasteiger partial charge >= 0.3 is 6.03 Å². The van der Waals surface area contributed by atoms with E-state index in [1.165, 1.54) is 0 Å². The van der Waals surface area contributed by atoms with Gasteiger partial charge in [0, 0.05) is 20.1 Å². The van der Waals surface area contributed by atoms with E-state index in [2.05, 4.69) is 4.99 Å². The SMILES string of the molecule is COC1CCCC2(C1)C(N)=NC(=O)N2Cc1ccccc1. The molecule has 5 nitrogen and oxygen atoms in total. The zero-order chi connectivity index (χ0) is 14.9. The molecule has 1 heterocycles. The van der Waals surface area contributed by atoms with E-state index < -0.39 is 5.54 Å². The number of rotatable bonds is 3. The van der Waals surface area contributed by atoms with Crippen LogP contribution in [-0.4, -0.2) is 35.5 Å². The Hall–Kier alpha value is -1.88. The lowest BCUT2D eigenvalue weighted by Crippen LogP contribution is -2.57. The van der Waals surface area contributed by atoms with Gasteiger partial charge in [0.25, 0.3) is 0 Å². The Morgan fingerprint density at radius 3 is 2.90 bits per heavy atom. The third-order valence-corrected chi connectivity index (χ3v) is 4.64. The Kier molecular flexibility index (Phi) is 3.68. The average molecular weight is 287 g/mol. The zero-order valence-electron chi connectivity index (χ0n) is 12.3. The number of nitrogens with two attached hydrogens (primary N) is 1. The van der Waals surface area contributed by atoms with E-state index in [0.717, 1.165) is 31.2 Å². The van der Waals surface area contributed by atoms with E-state index in [9.17, 15) is 4.79 Å². The molecule has 5 heteroatoms. The van der Waals surface area contributed by atoms with Gasteiger partial charge in [0.05, 0.1) is 6.10 Å². The molecule has 21 heavy (non-hydrogen) atoms. The van der Waals surface area contributed by atoms with E-state index in [0.29, 0.717) is 12.4 Å². The average Bonchev–Trinajstić information content (AvgIpc) is 2.73. The van der Waals surface area contributed by atoms with Gasteiger partial charge in [-0.2, -0.15) is 4.99 Å². The van der Waals surface area contributed by atoms with Crippen LogP contribution in [0, 0.1) is 0 Å². The minimum Gasteiger partial charge on any atom is -0.385 e. The van der Waals surface area contributed by atoms with Crippen LogP contribution < -0.4 is 5.73 Å². The number of carbonyl (C=O) groups is 1. The van der Waals surface area contributed by atoms with Gasteiger partial charge in [0.1, 0.15) is 11.4 Å². The highest BCUT2D eigenvalue weighted by Crippen LogP contribution is 2.39. The van der Waals surface area contributed by atoms with Crippen LogP contribution in [0.5, 0.6) is 0 Å². The first kappa shape index (κ1) is 14.1. The van der Waals surface area contributed by atoms with Crippen LogP contribution in [0.4, 0.5) is 4.79 Å². The molecular formula is C16H21N3O2. The molecule has 0 radical (unpaired) electrons. The van der Waals surface area contributed by atoms with Crippen LogP contribution in [0.25, 0.3) is 0 Å². The monoisotopic (exact) mass is 287 g/mol. The summed E-state index contributed by atoms with van der Waals surface area (Å²) < 4.78 is 5.51. The highest BCUT2D eigenvalue weighted by atomic mass is 16.5. The number of ether oxygens (including phenoxy) is 1. The Labute approximate surface area is 124 Å². The molecule has 2 unspecified atom stereocenters. The summed E-state index contributed by atoms with van der Waals surface area (Å²) in [4.78, 5) is 18.1. The Bertz CT molecular complexity index is 558. The first-order valence-corrected chi connectivity index (χ1v) is 7.39. The van der Waals surface area contributed by atoms with Crippen molar-refractivity contribution in [3.8, 4) is 0 Å². The summed E-state index contributed by atoms with van der Waals surface area (Å²) in [6.45, 7) is 0.542. The minimum atomic E-state index is -0.466. The summed E-state index contributed by atoms with van der Waals surface area (Å²) >= 11 is 0. The molecule has 2 atom stereocenters. The van der Waals surface area contributed by atoms with Crippen molar-refractivity contribution in [3.63, 3.8) is 0 Å². The van der Waals surface area contributed by atoms with Crippen LogP contribution in [-0.2, 0) is 11.3 Å². The number of amidine groups is 1. The maximum atomic E-state index is 12.3. The molecule has 1 aromatic rings. The molecule has 1 spiro atoms. The maximum Gasteiger partial charge on any atom is 0.346 e. The number of aliphatic imine (C=N–C) groups is 1. The maximum absolute atomic E-state index is 12.3. The van der Waals surface area contributed by atoms with Crippen LogP contribution in [0.3, 0.4) is 0 Å². The summed E-state index contributed by atoms with van der Waals surface area (Å²) in [7, 11) is 1.72. The topological polar surface area (TPSA) is 67.9 Å². The zero-order valence-corrected chi connectivity index (χ0v) is 12.3. The van der Waals surface area contributed by atoms with E-state index in [4.69, 9.17) is 10.5 Å². The molecule has 2 aliphatic rings. The molecule has 0 bridgehead atoms. The number of hydrogen-bond donors (Lipinski definition) is 1. The second-order valence-corrected chi connectivity index (χ2v) is 5.84. The van der Waals surface area contributed by atoms with Crippen molar-refractivity contribution < 1.29 is 9.53 Å². The fourth-order valence-corrected chi connectivity index (χ4v) is 3.46. The molecular weight excluding hydrogens is 266 g/mol. The molecule has 1 fully saturated rings. The van der Waals surface area contributed by atoms with E-state index in [1.807, 2.05) is 35.2 Å². The molecule has 2 amide bonds. The fraction of sp³-hybridized carbons (Fsp3) is 0.500. The Morgan fingerprint density at radius 1 is 1.43 bits per heavy atom. The van der Waals surface area contributed by atoms with Gasteiger partial charge in [-0.25, -0.2) is 4.79 Å². The smallest absolute Gasteiger partial charge is 0.346 e. The van der Waals surface area contributed by atoms with Gasteiger partial charge < -0.3 is 15.4 Å². The fourth-order valence-electron chi connectivity index (χ4n) is 3.46. The highest BCUT2D eigenvalue weighted by Gasteiger charge is 2.50. The van der Waals surface area contributed by atoms with E-state index >= 15 is 0 Å². The quantitative estimate of drug-likeness (QED) is 0.927. The normalized spacial score (nSPS) is 29.0. The third-order valence-electron chi connectivity index (χ3n) is 4.64. The number of urea groups is 1. The van der Waals surface area contributed by atoms with Crippen LogP contribution in [0.15, 0.2) is 35.3 Å².